The Morgan fingerprint density at radius 1 is 1.10 bits per heavy atom. The van der Waals surface area contributed by atoms with E-state index < -0.39 is 0 Å². The fourth-order valence-electron chi connectivity index (χ4n) is 1.64. The van der Waals surface area contributed by atoms with E-state index in [-0.39, 0.29) is 5.78 Å². The Labute approximate surface area is 131 Å². The summed E-state index contributed by atoms with van der Waals surface area (Å²) < 4.78 is 6.69. The largest absolute Gasteiger partial charge is 0.493 e. The third-order valence-electron chi connectivity index (χ3n) is 2.70. The van der Waals surface area contributed by atoms with Gasteiger partial charge >= 0.3 is 0 Å². The van der Waals surface area contributed by atoms with Crippen LogP contribution >= 0.6 is 27.7 Å². The average molecular weight is 351 g/mol. The highest BCUT2D eigenvalue weighted by molar-refractivity contribution is 9.10. The van der Waals surface area contributed by atoms with E-state index in [1.165, 1.54) is 0 Å². The van der Waals surface area contributed by atoms with E-state index in [1.807, 2.05) is 48.5 Å². The maximum absolute atomic E-state index is 11.2. The van der Waals surface area contributed by atoms with Gasteiger partial charge in [-0.1, -0.05) is 28.1 Å². The molecule has 0 fully saturated rings. The van der Waals surface area contributed by atoms with Gasteiger partial charge in [0.25, 0.3) is 0 Å². The fourth-order valence-corrected chi connectivity index (χ4v) is 2.63. The molecule has 0 radical (unpaired) electrons. The zero-order chi connectivity index (χ0) is 14.4. The van der Waals surface area contributed by atoms with Crippen LogP contribution in [-0.2, 0) is 0 Å². The molecule has 0 spiro atoms. The van der Waals surface area contributed by atoms with Crippen molar-refractivity contribution in [2.45, 2.75) is 11.8 Å². The second-order valence-electron chi connectivity index (χ2n) is 4.23. The lowest BCUT2D eigenvalue weighted by Crippen LogP contribution is -1.99. The molecule has 2 nitrogen and oxygen atoms in total. The quantitative estimate of drug-likeness (QED) is 0.424. The van der Waals surface area contributed by atoms with Gasteiger partial charge in [0, 0.05) is 20.7 Å². The summed E-state index contributed by atoms with van der Waals surface area (Å²) in [6.45, 7) is 2.23. The molecule has 20 heavy (non-hydrogen) atoms. The van der Waals surface area contributed by atoms with Crippen LogP contribution in [0.4, 0.5) is 0 Å². The van der Waals surface area contributed by atoms with Crippen molar-refractivity contribution in [3.05, 3.63) is 58.6 Å². The predicted octanol–water partition coefficient (Wildman–Crippen LogP) is 4.82. The highest BCUT2D eigenvalue weighted by atomic mass is 79.9. The molecule has 0 saturated carbocycles. The number of thioether (sulfide) groups is 1. The fraction of sp³-hybridized carbons (Fsp3) is 0.188. The SMILES string of the molecule is CC(=O)c1ccc(SCCOc2ccc(Br)cc2)cc1. The summed E-state index contributed by atoms with van der Waals surface area (Å²) in [5.41, 5.74) is 0.750. The smallest absolute Gasteiger partial charge is 0.159 e. The van der Waals surface area contributed by atoms with Crippen LogP contribution in [-0.4, -0.2) is 18.1 Å². The predicted molar refractivity (Wildman–Crippen MR) is 86.8 cm³/mol. The highest BCUT2D eigenvalue weighted by Gasteiger charge is 2.00. The minimum absolute atomic E-state index is 0.0973. The Balaban J connectivity index is 1.75. The minimum Gasteiger partial charge on any atom is -0.493 e. The van der Waals surface area contributed by atoms with Crippen molar-refractivity contribution in [2.75, 3.05) is 12.4 Å². The normalized spacial score (nSPS) is 10.3. The van der Waals surface area contributed by atoms with Crippen molar-refractivity contribution in [3.8, 4) is 5.75 Å². The van der Waals surface area contributed by atoms with Gasteiger partial charge in [-0.25, -0.2) is 0 Å². The van der Waals surface area contributed by atoms with Crippen LogP contribution in [0.2, 0.25) is 0 Å². The van der Waals surface area contributed by atoms with Crippen molar-refractivity contribution in [3.63, 3.8) is 0 Å². The van der Waals surface area contributed by atoms with Gasteiger partial charge in [0.1, 0.15) is 5.75 Å². The molecule has 0 amide bonds. The molecule has 0 atom stereocenters. The molecule has 2 rings (SSSR count). The maximum Gasteiger partial charge on any atom is 0.159 e. The van der Waals surface area contributed by atoms with Gasteiger partial charge in [-0.2, -0.15) is 0 Å². The summed E-state index contributed by atoms with van der Waals surface area (Å²) >= 11 is 5.11. The number of rotatable bonds is 6. The zero-order valence-electron chi connectivity index (χ0n) is 11.1. The molecule has 0 unspecified atom stereocenters. The maximum atomic E-state index is 11.2. The lowest BCUT2D eigenvalue weighted by atomic mass is 10.2. The van der Waals surface area contributed by atoms with Gasteiger partial charge in [0.05, 0.1) is 6.61 Å². The Hall–Kier alpha value is -1.26. The molecule has 0 bridgehead atoms. The van der Waals surface area contributed by atoms with Gasteiger partial charge < -0.3 is 4.74 Å². The highest BCUT2D eigenvalue weighted by Crippen LogP contribution is 2.20. The minimum atomic E-state index is 0.0973. The van der Waals surface area contributed by atoms with E-state index in [0.29, 0.717) is 6.61 Å². The van der Waals surface area contributed by atoms with E-state index in [4.69, 9.17) is 4.74 Å². The van der Waals surface area contributed by atoms with Crippen molar-refractivity contribution in [2.24, 2.45) is 0 Å². The third kappa shape index (κ3) is 4.69. The number of hydrogen-bond acceptors (Lipinski definition) is 3. The molecule has 2 aromatic rings. The number of halogens is 1. The van der Waals surface area contributed by atoms with Crippen molar-refractivity contribution in [1.29, 1.82) is 0 Å². The third-order valence-corrected chi connectivity index (χ3v) is 4.20. The number of Topliss-reactive ketones (excluding diaryl/α,β-unsaturated/α-hetero) is 1. The summed E-state index contributed by atoms with van der Waals surface area (Å²) in [6.07, 6.45) is 0. The van der Waals surface area contributed by atoms with Crippen LogP contribution in [0.3, 0.4) is 0 Å². The van der Waals surface area contributed by atoms with Crippen LogP contribution in [0.5, 0.6) is 5.75 Å². The molecule has 0 heterocycles. The van der Waals surface area contributed by atoms with Crippen LogP contribution in [0.25, 0.3) is 0 Å². The van der Waals surface area contributed by atoms with E-state index in [2.05, 4.69) is 15.9 Å². The van der Waals surface area contributed by atoms with Crippen LogP contribution in [0.15, 0.2) is 57.9 Å². The second kappa shape index (κ2) is 7.50. The van der Waals surface area contributed by atoms with Gasteiger partial charge in [-0.05, 0) is 43.3 Å². The van der Waals surface area contributed by atoms with E-state index in [9.17, 15) is 4.79 Å². The molecular formula is C16H15BrO2S. The van der Waals surface area contributed by atoms with Crippen molar-refractivity contribution in [1.82, 2.24) is 0 Å². The molecule has 0 aliphatic rings. The molecule has 2 aromatic carbocycles. The summed E-state index contributed by atoms with van der Waals surface area (Å²) in [7, 11) is 0. The summed E-state index contributed by atoms with van der Waals surface area (Å²) in [6, 6.07) is 15.5. The number of ether oxygens (including phenoxy) is 1. The first-order valence-electron chi connectivity index (χ1n) is 6.27. The zero-order valence-corrected chi connectivity index (χ0v) is 13.5. The second-order valence-corrected chi connectivity index (χ2v) is 6.32. The Bertz CT molecular complexity index is 564. The number of carbonyl (C=O) groups excluding carboxylic acids is 1. The lowest BCUT2D eigenvalue weighted by molar-refractivity contribution is 0.101. The van der Waals surface area contributed by atoms with E-state index >= 15 is 0 Å². The van der Waals surface area contributed by atoms with E-state index in [0.717, 1.165) is 26.4 Å². The van der Waals surface area contributed by atoms with Crippen LogP contribution in [0, 0.1) is 0 Å². The van der Waals surface area contributed by atoms with Gasteiger partial charge in [0.2, 0.25) is 0 Å². The van der Waals surface area contributed by atoms with Crippen LogP contribution in [0.1, 0.15) is 17.3 Å². The van der Waals surface area contributed by atoms with Gasteiger partial charge in [-0.3, -0.25) is 4.79 Å². The molecule has 4 heteroatoms. The average Bonchev–Trinajstić information content (AvgIpc) is 2.46. The van der Waals surface area contributed by atoms with Crippen molar-refractivity contribution >= 4 is 33.5 Å². The Morgan fingerprint density at radius 3 is 2.35 bits per heavy atom. The number of hydrogen-bond donors (Lipinski definition) is 0. The van der Waals surface area contributed by atoms with Crippen molar-refractivity contribution < 1.29 is 9.53 Å². The standard InChI is InChI=1S/C16H15BrO2S/c1-12(18)13-2-8-16(9-3-13)20-11-10-19-15-6-4-14(17)5-7-15/h2-9H,10-11H2,1H3. The molecule has 104 valence electrons. The lowest BCUT2D eigenvalue weighted by Gasteiger charge is -2.06. The first kappa shape index (κ1) is 15.1. The molecule has 0 aromatic heterocycles. The van der Waals surface area contributed by atoms with Gasteiger partial charge in [0.15, 0.2) is 5.78 Å². The Kier molecular flexibility index (Phi) is 5.68. The first-order chi connectivity index (χ1) is 9.65. The van der Waals surface area contributed by atoms with Gasteiger partial charge in [-0.15, -0.1) is 11.8 Å². The first-order valence-corrected chi connectivity index (χ1v) is 8.05. The number of ketones is 1. The Morgan fingerprint density at radius 2 is 1.75 bits per heavy atom. The van der Waals surface area contributed by atoms with E-state index in [1.54, 1.807) is 18.7 Å². The molecular weight excluding hydrogens is 336 g/mol. The summed E-state index contributed by atoms with van der Waals surface area (Å²) in [5.74, 6) is 1.84. The monoisotopic (exact) mass is 350 g/mol. The summed E-state index contributed by atoms with van der Waals surface area (Å²) in [4.78, 5) is 12.3. The molecule has 0 saturated heterocycles. The molecule has 0 aliphatic heterocycles. The molecule has 0 aliphatic carbocycles. The topological polar surface area (TPSA) is 26.3 Å². The number of benzene rings is 2. The molecule has 0 N–H and O–H groups in total. The number of carbonyl (C=O) groups is 1. The summed E-state index contributed by atoms with van der Waals surface area (Å²) in [5, 5.41) is 0. The van der Waals surface area contributed by atoms with Crippen LogP contribution < -0.4 is 4.74 Å².